The van der Waals surface area contributed by atoms with Gasteiger partial charge in [0.2, 0.25) is 11.8 Å². The predicted molar refractivity (Wildman–Crippen MR) is 116 cm³/mol. The number of benzene rings is 2. The molecule has 0 radical (unpaired) electrons. The second kappa shape index (κ2) is 9.22. The fraction of sp³-hybridized carbons (Fsp3) is 0.318. The Morgan fingerprint density at radius 1 is 1.21 bits per heavy atom. The van der Waals surface area contributed by atoms with E-state index in [9.17, 15) is 14.0 Å². The fourth-order valence-electron chi connectivity index (χ4n) is 2.98. The number of anilines is 1. The summed E-state index contributed by atoms with van der Waals surface area (Å²) in [5.41, 5.74) is 1.92. The zero-order valence-electron chi connectivity index (χ0n) is 16.7. The maximum absolute atomic E-state index is 13.8. The zero-order chi connectivity index (χ0) is 21.0. The lowest BCUT2D eigenvalue weighted by Gasteiger charge is -2.19. The van der Waals surface area contributed by atoms with Crippen LogP contribution in [0.4, 0.5) is 15.8 Å². The first-order valence-corrected chi connectivity index (χ1v) is 10.4. The Kier molecular flexibility index (Phi) is 6.69. The lowest BCUT2D eigenvalue weighted by atomic mass is 10.2. The molecule has 2 aromatic carbocycles. The highest BCUT2D eigenvalue weighted by Crippen LogP contribution is 2.33. The van der Waals surface area contributed by atoms with E-state index >= 15 is 0 Å². The molecule has 1 N–H and O–H groups in total. The number of hydrogen-bond acceptors (Lipinski definition) is 4. The first kappa shape index (κ1) is 21.0. The molecule has 0 saturated carbocycles. The van der Waals surface area contributed by atoms with Gasteiger partial charge in [0.05, 0.1) is 11.4 Å². The highest BCUT2D eigenvalue weighted by Gasteiger charge is 2.39. The van der Waals surface area contributed by atoms with Gasteiger partial charge in [-0.3, -0.25) is 14.5 Å². The number of amides is 2. The lowest BCUT2D eigenvalue weighted by molar-refractivity contribution is -0.128. The first-order chi connectivity index (χ1) is 13.8. The molecule has 0 aromatic heterocycles. The molecule has 152 valence electrons. The molecule has 2 aromatic rings. The molecule has 3 rings (SSSR count). The Bertz CT molecular complexity index is 945. The smallest absolute Gasteiger partial charge is 0.242 e. The molecular weight excluding hydrogens is 389 g/mol. The molecule has 1 atom stereocenters. The van der Waals surface area contributed by atoms with Gasteiger partial charge in [0.15, 0.2) is 5.17 Å². The van der Waals surface area contributed by atoms with Gasteiger partial charge in [-0.15, -0.1) is 0 Å². The van der Waals surface area contributed by atoms with Crippen molar-refractivity contribution >= 4 is 40.1 Å². The molecule has 1 aliphatic rings. The van der Waals surface area contributed by atoms with Crippen LogP contribution in [0.2, 0.25) is 0 Å². The van der Waals surface area contributed by atoms with Crippen LogP contribution >= 0.6 is 11.8 Å². The highest BCUT2D eigenvalue weighted by atomic mass is 32.2. The Hall–Kier alpha value is -2.67. The molecule has 2 amide bonds. The number of para-hydroxylation sites is 2. The molecule has 7 heteroatoms. The minimum atomic E-state index is -0.580. The normalized spacial score (nSPS) is 18.0. The van der Waals surface area contributed by atoms with Crippen molar-refractivity contribution in [2.75, 3.05) is 11.9 Å². The van der Waals surface area contributed by atoms with Gasteiger partial charge in [-0.05, 0) is 36.6 Å². The topological polar surface area (TPSA) is 61.8 Å². The molecule has 29 heavy (non-hydrogen) atoms. The van der Waals surface area contributed by atoms with Crippen LogP contribution in [0.5, 0.6) is 0 Å². The summed E-state index contributed by atoms with van der Waals surface area (Å²) in [4.78, 5) is 31.7. The summed E-state index contributed by atoms with van der Waals surface area (Å²) in [5, 5.41) is 2.57. The van der Waals surface area contributed by atoms with Crippen LogP contribution in [0.15, 0.2) is 53.5 Å². The minimum absolute atomic E-state index is 0.0424. The van der Waals surface area contributed by atoms with Crippen LogP contribution in [-0.2, 0) is 9.59 Å². The molecule has 1 fully saturated rings. The first-order valence-electron chi connectivity index (χ1n) is 9.52. The average Bonchev–Trinajstić information content (AvgIpc) is 2.94. The molecule has 1 heterocycles. The van der Waals surface area contributed by atoms with E-state index in [1.54, 1.807) is 17.0 Å². The average molecular weight is 414 g/mol. The monoisotopic (exact) mass is 413 g/mol. The Morgan fingerprint density at radius 3 is 2.59 bits per heavy atom. The van der Waals surface area contributed by atoms with Crippen molar-refractivity contribution in [2.45, 2.75) is 32.4 Å². The van der Waals surface area contributed by atoms with Gasteiger partial charge in [0.25, 0.3) is 0 Å². The fourth-order valence-corrected chi connectivity index (χ4v) is 4.14. The van der Waals surface area contributed by atoms with Gasteiger partial charge < -0.3 is 5.32 Å². The van der Waals surface area contributed by atoms with E-state index in [1.165, 1.54) is 23.9 Å². The summed E-state index contributed by atoms with van der Waals surface area (Å²) < 4.78 is 13.8. The Morgan fingerprint density at radius 2 is 1.90 bits per heavy atom. The number of rotatable bonds is 6. The number of nitrogens with one attached hydrogen (secondary N) is 1. The number of aliphatic imine (C=N–C) groups is 1. The number of thioether (sulfide) groups is 1. The number of nitrogens with zero attached hydrogens (tertiary/aromatic N) is 2. The van der Waals surface area contributed by atoms with Crippen LogP contribution in [0, 0.1) is 18.7 Å². The maximum atomic E-state index is 13.8. The third kappa shape index (κ3) is 5.23. The van der Waals surface area contributed by atoms with E-state index in [1.807, 2.05) is 45.0 Å². The van der Waals surface area contributed by atoms with Crippen LogP contribution in [0.25, 0.3) is 0 Å². The maximum Gasteiger partial charge on any atom is 0.242 e. The van der Waals surface area contributed by atoms with Gasteiger partial charge in [-0.25, -0.2) is 9.38 Å². The highest BCUT2D eigenvalue weighted by molar-refractivity contribution is 8.15. The molecular formula is C22H24FN3O2S. The summed E-state index contributed by atoms with van der Waals surface area (Å²) in [5.74, 6) is -0.788. The van der Waals surface area contributed by atoms with Crippen molar-refractivity contribution in [3.63, 3.8) is 0 Å². The molecule has 0 spiro atoms. The van der Waals surface area contributed by atoms with E-state index in [2.05, 4.69) is 5.32 Å². The molecule has 0 bridgehead atoms. The third-order valence-electron chi connectivity index (χ3n) is 4.42. The van der Waals surface area contributed by atoms with Gasteiger partial charge in [0, 0.05) is 13.0 Å². The second-order valence-electron chi connectivity index (χ2n) is 7.36. The quantitative estimate of drug-likeness (QED) is 0.743. The summed E-state index contributed by atoms with van der Waals surface area (Å²) in [6.45, 7) is 6.55. The Balaban J connectivity index is 1.78. The van der Waals surface area contributed by atoms with Gasteiger partial charge in [-0.2, -0.15) is 0 Å². The molecule has 0 aliphatic carbocycles. The largest absolute Gasteiger partial charge is 0.324 e. The SMILES string of the molecule is Cc1ccccc1N=C1SC(CC(=O)Nc2ccccc2F)C(=O)N1CC(C)C. The van der Waals surface area contributed by atoms with E-state index in [-0.39, 0.29) is 23.9 Å². The summed E-state index contributed by atoms with van der Waals surface area (Å²) in [7, 11) is 0. The molecule has 1 unspecified atom stereocenters. The van der Waals surface area contributed by atoms with Crippen molar-refractivity contribution in [1.29, 1.82) is 0 Å². The minimum Gasteiger partial charge on any atom is -0.324 e. The van der Waals surface area contributed by atoms with Gasteiger partial charge >= 0.3 is 0 Å². The number of aryl methyl sites for hydroxylation is 1. The summed E-state index contributed by atoms with van der Waals surface area (Å²) in [6.07, 6.45) is -0.0424. The number of hydrogen-bond donors (Lipinski definition) is 1. The van der Waals surface area contributed by atoms with Crippen molar-refractivity contribution in [1.82, 2.24) is 4.90 Å². The number of amidine groups is 1. The van der Waals surface area contributed by atoms with Crippen molar-refractivity contribution in [3.05, 3.63) is 59.9 Å². The second-order valence-corrected chi connectivity index (χ2v) is 8.53. The number of carbonyl (C=O) groups excluding carboxylic acids is 2. The van der Waals surface area contributed by atoms with Crippen molar-refractivity contribution < 1.29 is 14.0 Å². The van der Waals surface area contributed by atoms with Gasteiger partial charge in [0.1, 0.15) is 11.1 Å². The van der Waals surface area contributed by atoms with Crippen LogP contribution in [-0.4, -0.2) is 33.7 Å². The zero-order valence-corrected chi connectivity index (χ0v) is 17.5. The lowest BCUT2D eigenvalue weighted by Crippen LogP contribution is -2.36. The number of halogens is 1. The van der Waals surface area contributed by atoms with Gasteiger partial charge in [-0.1, -0.05) is 55.9 Å². The third-order valence-corrected chi connectivity index (χ3v) is 5.59. The van der Waals surface area contributed by atoms with E-state index in [0.717, 1.165) is 11.3 Å². The van der Waals surface area contributed by atoms with E-state index in [4.69, 9.17) is 4.99 Å². The van der Waals surface area contributed by atoms with Crippen LogP contribution in [0.1, 0.15) is 25.8 Å². The summed E-state index contributed by atoms with van der Waals surface area (Å²) >= 11 is 1.29. The van der Waals surface area contributed by atoms with E-state index < -0.39 is 17.0 Å². The van der Waals surface area contributed by atoms with Crippen LogP contribution in [0.3, 0.4) is 0 Å². The number of carbonyl (C=O) groups is 2. The van der Waals surface area contributed by atoms with Crippen molar-refractivity contribution in [2.24, 2.45) is 10.9 Å². The molecule has 1 aliphatic heterocycles. The predicted octanol–water partition coefficient (Wildman–Crippen LogP) is 4.75. The Labute approximate surface area is 174 Å². The van der Waals surface area contributed by atoms with Crippen LogP contribution < -0.4 is 5.32 Å². The standard InChI is InChI=1S/C22H24FN3O2S/c1-14(2)13-26-21(28)19(12-20(27)24-18-11-7-5-9-16(18)23)29-22(26)25-17-10-6-4-8-15(17)3/h4-11,14,19H,12-13H2,1-3H3,(H,24,27). The molecule has 1 saturated heterocycles. The van der Waals surface area contributed by atoms with Crippen molar-refractivity contribution in [3.8, 4) is 0 Å². The van der Waals surface area contributed by atoms with E-state index in [0.29, 0.717) is 11.7 Å². The molecule has 5 nitrogen and oxygen atoms in total. The summed E-state index contributed by atoms with van der Waals surface area (Å²) in [6, 6.07) is 13.7.